The molecule has 0 radical (unpaired) electrons. The highest BCUT2D eigenvalue weighted by atomic mass is 15.2. The van der Waals surface area contributed by atoms with Crippen LogP contribution in [0.1, 0.15) is 13.8 Å². The van der Waals surface area contributed by atoms with Gasteiger partial charge in [0.05, 0.1) is 0 Å². The molecule has 0 saturated heterocycles. The summed E-state index contributed by atoms with van der Waals surface area (Å²) in [6, 6.07) is 8.16. The lowest BCUT2D eigenvalue weighted by Gasteiger charge is -2.09. The molecule has 1 aromatic carbocycles. The minimum Gasteiger partial charge on any atom is -0.385 e. The molecule has 0 saturated carbocycles. The monoisotopic (exact) mass is 216 g/mol. The number of rotatable bonds is 4. The zero-order chi connectivity index (χ0) is 11.4. The Bertz CT molecular complexity index is 434. The molecule has 1 heterocycles. The standard InChI is InChI=1S/C12H16N4/c1-9(2)7-13-11-5-3-4-10(6-11)12-14-8-15-16-12/h3-6,8-9,13H,7H2,1-2H3,(H,14,15,16). The summed E-state index contributed by atoms with van der Waals surface area (Å²) in [6.07, 6.45) is 1.52. The third kappa shape index (κ3) is 2.59. The van der Waals surface area contributed by atoms with Crippen LogP contribution >= 0.6 is 0 Å². The van der Waals surface area contributed by atoms with E-state index in [1.807, 2.05) is 12.1 Å². The summed E-state index contributed by atoms with van der Waals surface area (Å²) >= 11 is 0. The van der Waals surface area contributed by atoms with Crippen LogP contribution in [0, 0.1) is 5.92 Å². The third-order valence-corrected chi connectivity index (χ3v) is 2.27. The van der Waals surface area contributed by atoms with Crippen LogP contribution in [0.25, 0.3) is 11.4 Å². The van der Waals surface area contributed by atoms with E-state index in [9.17, 15) is 0 Å². The summed E-state index contributed by atoms with van der Waals surface area (Å²) in [6.45, 7) is 5.35. The fraction of sp³-hybridized carbons (Fsp3) is 0.333. The van der Waals surface area contributed by atoms with Crippen molar-refractivity contribution in [2.24, 2.45) is 5.92 Å². The number of hydrogen-bond acceptors (Lipinski definition) is 3. The Morgan fingerprint density at radius 2 is 2.25 bits per heavy atom. The van der Waals surface area contributed by atoms with Gasteiger partial charge in [0, 0.05) is 17.8 Å². The predicted molar refractivity (Wildman–Crippen MR) is 65.1 cm³/mol. The maximum atomic E-state index is 4.13. The van der Waals surface area contributed by atoms with Gasteiger partial charge in [-0.05, 0) is 18.1 Å². The molecule has 0 spiro atoms. The van der Waals surface area contributed by atoms with Crippen molar-refractivity contribution < 1.29 is 0 Å². The lowest BCUT2D eigenvalue weighted by molar-refractivity contribution is 0.689. The molecule has 4 nitrogen and oxygen atoms in total. The predicted octanol–water partition coefficient (Wildman–Crippen LogP) is 2.54. The Hall–Kier alpha value is -1.84. The molecule has 0 atom stereocenters. The van der Waals surface area contributed by atoms with Crippen molar-refractivity contribution in [3.8, 4) is 11.4 Å². The van der Waals surface area contributed by atoms with E-state index in [1.165, 1.54) is 6.33 Å². The van der Waals surface area contributed by atoms with Crippen LogP contribution in [-0.2, 0) is 0 Å². The van der Waals surface area contributed by atoms with E-state index in [-0.39, 0.29) is 0 Å². The first-order chi connectivity index (χ1) is 7.75. The minimum absolute atomic E-state index is 0.633. The highest BCUT2D eigenvalue weighted by Crippen LogP contribution is 2.18. The number of H-pyrrole nitrogens is 1. The summed E-state index contributed by atoms with van der Waals surface area (Å²) in [5, 5.41) is 10.1. The molecule has 2 aromatic rings. The van der Waals surface area contributed by atoms with E-state index >= 15 is 0 Å². The van der Waals surface area contributed by atoms with Crippen molar-refractivity contribution in [3.05, 3.63) is 30.6 Å². The summed E-state index contributed by atoms with van der Waals surface area (Å²) in [5.41, 5.74) is 2.16. The SMILES string of the molecule is CC(C)CNc1cccc(-c2ncn[nH]2)c1. The van der Waals surface area contributed by atoms with Gasteiger partial charge in [-0.25, -0.2) is 4.98 Å². The molecule has 2 N–H and O–H groups in total. The molecular formula is C12H16N4. The van der Waals surface area contributed by atoms with E-state index < -0.39 is 0 Å². The van der Waals surface area contributed by atoms with Crippen molar-refractivity contribution in [3.63, 3.8) is 0 Å². The maximum absolute atomic E-state index is 4.13. The molecule has 1 aromatic heterocycles. The fourth-order valence-electron chi connectivity index (χ4n) is 1.44. The van der Waals surface area contributed by atoms with Gasteiger partial charge in [-0.3, -0.25) is 5.10 Å². The Morgan fingerprint density at radius 1 is 1.38 bits per heavy atom. The molecule has 0 aliphatic heterocycles. The normalized spacial score (nSPS) is 10.7. The first-order valence-corrected chi connectivity index (χ1v) is 5.45. The van der Waals surface area contributed by atoms with Crippen molar-refractivity contribution in [2.45, 2.75) is 13.8 Å². The van der Waals surface area contributed by atoms with E-state index in [1.54, 1.807) is 0 Å². The second-order valence-electron chi connectivity index (χ2n) is 4.19. The minimum atomic E-state index is 0.633. The van der Waals surface area contributed by atoms with Gasteiger partial charge >= 0.3 is 0 Å². The van der Waals surface area contributed by atoms with Crippen LogP contribution in [0.3, 0.4) is 0 Å². The van der Waals surface area contributed by atoms with E-state index in [0.717, 1.165) is 23.6 Å². The summed E-state index contributed by atoms with van der Waals surface area (Å²) in [4.78, 5) is 4.13. The van der Waals surface area contributed by atoms with Crippen LogP contribution in [0.4, 0.5) is 5.69 Å². The Morgan fingerprint density at radius 3 is 2.94 bits per heavy atom. The average molecular weight is 216 g/mol. The van der Waals surface area contributed by atoms with Crippen molar-refractivity contribution >= 4 is 5.69 Å². The number of aromatic nitrogens is 3. The van der Waals surface area contributed by atoms with Gasteiger partial charge in [0.2, 0.25) is 0 Å². The highest BCUT2D eigenvalue weighted by Gasteiger charge is 2.01. The van der Waals surface area contributed by atoms with Gasteiger partial charge in [0.15, 0.2) is 5.82 Å². The Kier molecular flexibility index (Phi) is 3.19. The first-order valence-electron chi connectivity index (χ1n) is 5.45. The molecule has 0 aliphatic rings. The van der Waals surface area contributed by atoms with E-state index in [0.29, 0.717) is 5.92 Å². The second kappa shape index (κ2) is 4.79. The number of aromatic amines is 1. The molecule has 4 heteroatoms. The number of benzene rings is 1. The van der Waals surface area contributed by atoms with Gasteiger partial charge in [0.25, 0.3) is 0 Å². The van der Waals surface area contributed by atoms with Gasteiger partial charge in [0.1, 0.15) is 6.33 Å². The van der Waals surface area contributed by atoms with Crippen LogP contribution in [0.2, 0.25) is 0 Å². The van der Waals surface area contributed by atoms with Crippen LogP contribution in [0.5, 0.6) is 0 Å². The Balaban J connectivity index is 2.14. The lowest BCUT2D eigenvalue weighted by Crippen LogP contribution is -2.07. The number of nitrogens with zero attached hydrogens (tertiary/aromatic N) is 2. The van der Waals surface area contributed by atoms with Crippen LogP contribution in [-0.4, -0.2) is 21.7 Å². The summed E-state index contributed by atoms with van der Waals surface area (Å²) < 4.78 is 0. The summed E-state index contributed by atoms with van der Waals surface area (Å²) in [5.74, 6) is 1.43. The fourth-order valence-corrected chi connectivity index (χ4v) is 1.44. The molecule has 2 rings (SSSR count). The van der Waals surface area contributed by atoms with E-state index in [2.05, 4.69) is 46.5 Å². The van der Waals surface area contributed by atoms with E-state index in [4.69, 9.17) is 0 Å². The topological polar surface area (TPSA) is 53.6 Å². The molecule has 0 aliphatic carbocycles. The largest absolute Gasteiger partial charge is 0.385 e. The molecule has 84 valence electrons. The van der Waals surface area contributed by atoms with Gasteiger partial charge in [-0.15, -0.1) is 0 Å². The zero-order valence-electron chi connectivity index (χ0n) is 9.57. The molecule has 0 amide bonds. The van der Waals surface area contributed by atoms with Gasteiger partial charge < -0.3 is 5.32 Å². The lowest BCUT2D eigenvalue weighted by atomic mass is 10.1. The highest BCUT2D eigenvalue weighted by molar-refractivity contribution is 5.61. The average Bonchev–Trinajstić information content (AvgIpc) is 2.80. The van der Waals surface area contributed by atoms with Crippen LogP contribution in [0.15, 0.2) is 30.6 Å². The molecule has 16 heavy (non-hydrogen) atoms. The first kappa shape index (κ1) is 10.7. The quantitative estimate of drug-likeness (QED) is 0.825. The van der Waals surface area contributed by atoms with Crippen LogP contribution < -0.4 is 5.32 Å². The number of anilines is 1. The number of nitrogens with one attached hydrogen (secondary N) is 2. The maximum Gasteiger partial charge on any atom is 0.155 e. The molecule has 0 unspecified atom stereocenters. The summed E-state index contributed by atoms with van der Waals surface area (Å²) in [7, 11) is 0. The molecular weight excluding hydrogens is 200 g/mol. The number of hydrogen-bond donors (Lipinski definition) is 2. The molecule has 0 fully saturated rings. The van der Waals surface area contributed by atoms with Gasteiger partial charge in [-0.1, -0.05) is 26.0 Å². The van der Waals surface area contributed by atoms with Gasteiger partial charge in [-0.2, -0.15) is 5.10 Å². The van der Waals surface area contributed by atoms with Crippen molar-refractivity contribution in [2.75, 3.05) is 11.9 Å². The third-order valence-electron chi connectivity index (χ3n) is 2.27. The Labute approximate surface area is 95.1 Å². The van der Waals surface area contributed by atoms with Crippen molar-refractivity contribution in [1.29, 1.82) is 0 Å². The second-order valence-corrected chi connectivity index (χ2v) is 4.19. The zero-order valence-corrected chi connectivity index (χ0v) is 9.57. The van der Waals surface area contributed by atoms with Crippen molar-refractivity contribution in [1.82, 2.24) is 15.2 Å². The molecule has 0 bridgehead atoms. The smallest absolute Gasteiger partial charge is 0.155 e.